The Kier molecular flexibility index (Phi) is 2.94. The lowest BCUT2D eigenvalue weighted by Gasteiger charge is -2.30. The number of rotatable bonds is 4. The highest BCUT2D eigenvalue weighted by Crippen LogP contribution is 2.11. The molecule has 74 valence electrons. The van der Waals surface area contributed by atoms with Crippen molar-refractivity contribution in [3.8, 4) is 0 Å². The summed E-state index contributed by atoms with van der Waals surface area (Å²) in [5.41, 5.74) is 2.02. The van der Waals surface area contributed by atoms with E-state index in [2.05, 4.69) is 4.90 Å². The van der Waals surface area contributed by atoms with Gasteiger partial charge in [-0.05, 0) is 31.5 Å². The van der Waals surface area contributed by atoms with Crippen molar-refractivity contribution in [1.82, 2.24) is 4.90 Å². The predicted octanol–water partition coefficient (Wildman–Crippen LogP) is 1.75. The molecule has 0 radical (unpaired) electrons. The summed E-state index contributed by atoms with van der Waals surface area (Å²) in [5, 5.41) is 0. The van der Waals surface area contributed by atoms with Crippen LogP contribution in [0.5, 0.6) is 0 Å². The number of nitrogens with zero attached hydrogens (tertiary/aromatic N) is 1. The van der Waals surface area contributed by atoms with E-state index in [1.807, 2.05) is 24.3 Å². The van der Waals surface area contributed by atoms with Crippen LogP contribution in [0, 0.1) is 0 Å². The second-order valence-corrected chi connectivity index (χ2v) is 3.76. The fourth-order valence-electron chi connectivity index (χ4n) is 1.76. The number of benzene rings is 1. The van der Waals surface area contributed by atoms with Gasteiger partial charge in [0.1, 0.15) is 6.29 Å². The summed E-state index contributed by atoms with van der Waals surface area (Å²) < 4.78 is 0. The molecular formula is C12H15NO. The number of aldehydes is 1. The van der Waals surface area contributed by atoms with Crippen molar-refractivity contribution in [3.05, 3.63) is 35.4 Å². The molecule has 1 aromatic carbocycles. The van der Waals surface area contributed by atoms with Crippen LogP contribution in [0.25, 0.3) is 0 Å². The lowest BCUT2D eigenvalue weighted by atomic mass is 10.0. The molecular weight excluding hydrogens is 174 g/mol. The average Bonchev–Trinajstić information content (AvgIpc) is 2.16. The van der Waals surface area contributed by atoms with Gasteiger partial charge in [0.05, 0.1) is 0 Å². The van der Waals surface area contributed by atoms with Gasteiger partial charge in [-0.15, -0.1) is 0 Å². The van der Waals surface area contributed by atoms with Crippen LogP contribution in [0.3, 0.4) is 0 Å². The van der Waals surface area contributed by atoms with Gasteiger partial charge in [0.15, 0.2) is 0 Å². The Balaban J connectivity index is 1.96. The Morgan fingerprint density at radius 1 is 1.29 bits per heavy atom. The normalized spacial score (nSPS) is 16.3. The van der Waals surface area contributed by atoms with Crippen LogP contribution in [-0.4, -0.2) is 30.8 Å². The first-order chi connectivity index (χ1) is 6.90. The van der Waals surface area contributed by atoms with E-state index in [1.54, 1.807) is 0 Å². The number of hydrogen-bond acceptors (Lipinski definition) is 2. The summed E-state index contributed by atoms with van der Waals surface area (Å²) in [4.78, 5) is 13.2. The molecule has 0 unspecified atom stereocenters. The van der Waals surface area contributed by atoms with Crippen molar-refractivity contribution in [1.29, 1.82) is 0 Å². The molecule has 0 atom stereocenters. The lowest BCUT2D eigenvalue weighted by Crippen LogP contribution is -2.38. The molecule has 1 aliphatic rings. The van der Waals surface area contributed by atoms with E-state index in [4.69, 9.17) is 0 Å². The van der Waals surface area contributed by atoms with E-state index >= 15 is 0 Å². The molecule has 0 aromatic heterocycles. The minimum atomic E-state index is 0.841. The van der Waals surface area contributed by atoms with Crippen LogP contribution in [-0.2, 0) is 6.42 Å². The molecule has 1 saturated heterocycles. The predicted molar refractivity (Wildman–Crippen MR) is 56.6 cm³/mol. The minimum absolute atomic E-state index is 0.841. The second kappa shape index (κ2) is 4.38. The van der Waals surface area contributed by atoms with E-state index in [9.17, 15) is 4.79 Å². The van der Waals surface area contributed by atoms with Crippen LogP contribution < -0.4 is 0 Å². The minimum Gasteiger partial charge on any atom is -0.303 e. The van der Waals surface area contributed by atoms with Gasteiger partial charge < -0.3 is 4.90 Å². The Bertz CT molecular complexity index is 318. The third kappa shape index (κ3) is 2.02. The highest BCUT2D eigenvalue weighted by Gasteiger charge is 2.13. The second-order valence-electron chi connectivity index (χ2n) is 3.76. The first-order valence-corrected chi connectivity index (χ1v) is 5.15. The monoisotopic (exact) mass is 189 g/mol. The molecule has 1 aromatic rings. The molecule has 0 amide bonds. The van der Waals surface area contributed by atoms with Gasteiger partial charge in [-0.1, -0.05) is 24.3 Å². The van der Waals surface area contributed by atoms with Crippen molar-refractivity contribution >= 4 is 6.29 Å². The first kappa shape index (κ1) is 9.41. The van der Waals surface area contributed by atoms with Crippen molar-refractivity contribution in [3.63, 3.8) is 0 Å². The Morgan fingerprint density at radius 3 is 2.71 bits per heavy atom. The third-order valence-corrected chi connectivity index (χ3v) is 2.83. The molecule has 0 aliphatic carbocycles. The molecule has 1 fully saturated rings. The fraction of sp³-hybridized carbons (Fsp3) is 0.417. The molecule has 0 bridgehead atoms. The van der Waals surface area contributed by atoms with E-state index in [1.165, 1.54) is 25.1 Å². The van der Waals surface area contributed by atoms with Gasteiger partial charge in [-0.3, -0.25) is 4.79 Å². The van der Waals surface area contributed by atoms with Crippen molar-refractivity contribution in [2.75, 3.05) is 19.6 Å². The van der Waals surface area contributed by atoms with Gasteiger partial charge in [-0.2, -0.15) is 0 Å². The first-order valence-electron chi connectivity index (χ1n) is 5.15. The van der Waals surface area contributed by atoms with Gasteiger partial charge in [0.25, 0.3) is 0 Å². The Morgan fingerprint density at radius 2 is 2.07 bits per heavy atom. The molecule has 0 N–H and O–H groups in total. The van der Waals surface area contributed by atoms with Gasteiger partial charge in [-0.25, -0.2) is 0 Å². The average molecular weight is 189 g/mol. The molecule has 2 heteroatoms. The van der Waals surface area contributed by atoms with Crippen molar-refractivity contribution < 1.29 is 4.79 Å². The summed E-state index contributed by atoms with van der Waals surface area (Å²) in [6, 6.07) is 7.84. The molecule has 2 nitrogen and oxygen atoms in total. The molecule has 2 rings (SSSR count). The maximum atomic E-state index is 10.7. The quantitative estimate of drug-likeness (QED) is 0.672. The zero-order valence-corrected chi connectivity index (χ0v) is 8.28. The lowest BCUT2D eigenvalue weighted by molar-refractivity contribution is 0.112. The maximum absolute atomic E-state index is 10.7. The van der Waals surface area contributed by atoms with Gasteiger partial charge in [0.2, 0.25) is 0 Å². The molecule has 0 saturated carbocycles. The summed E-state index contributed by atoms with van der Waals surface area (Å²) >= 11 is 0. The summed E-state index contributed by atoms with van der Waals surface area (Å²) in [6.45, 7) is 3.54. The molecule has 1 aliphatic heterocycles. The Hall–Kier alpha value is -1.15. The van der Waals surface area contributed by atoms with Crippen LogP contribution in [0.15, 0.2) is 24.3 Å². The highest BCUT2D eigenvalue weighted by atomic mass is 16.1. The largest absolute Gasteiger partial charge is 0.303 e. The number of carbonyl (C=O) groups is 1. The van der Waals surface area contributed by atoms with E-state index in [-0.39, 0.29) is 0 Å². The molecule has 1 heterocycles. The van der Waals surface area contributed by atoms with Crippen LogP contribution >= 0.6 is 0 Å². The zero-order valence-electron chi connectivity index (χ0n) is 8.28. The summed E-state index contributed by atoms with van der Waals surface area (Å²) in [6.07, 6.45) is 3.27. The highest BCUT2D eigenvalue weighted by molar-refractivity contribution is 5.77. The smallest absolute Gasteiger partial charge is 0.150 e. The number of carbonyl (C=O) groups excluding carboxylic acids is 1. The van der Waals surface area contributed by atoms with Gasteiger partial charge >= 0.3 is 0 Å². The topological polar surface area (TPSA) is 20.3 Å². The van der Waals surface area contributed by atoms with Crippen molar-refractivity contribution in [2.24, 2.45) is 0 Å². The van der Waals surface area contributed by atoms with E-state index in [0.29, 0.717) is 0 Å². The Labute approximate surface area is 84.5 Å². The van der Waals surface area contributed by atoms with Crippen LogP contribution in [0.1, 0.15) is 22.3 Å². The standard InChI is InChI=1S/C12H15NO/c14-10-12-5-2-1-4-11(12)6-9-13-7-3-8-13/h1-2,4-5,10H,3,6-9H2. The van der Waals surface area contributed by atoms with E-state index in [0.717, 1.165) is 24.8 Å². The summed E-state index contributed by atoms with van der Waals surface area (Å²) in [7, 11) is 0. The SMILES string of the molecule is O=Cc1ccccc1CCN1CCC1. The number of likely N-dealkylation sites (tertiary alicyclic amines) is 1. The number of hydrogen-bond donors (Lipinski definition) is 0. The zero-order chi connectivity index (χ0) is 9.80. The molecule has 14 heavy (non-hydrogen) atoms. The van der Waals surface area contributed by atoms with Crippen molar-refractivity contribution in [2.45, 2.75) is 12.8 Å². The van der Waals surface area contributed by atoms with E-state index < -0.39 is 0 Å². The third-order valence-electron chi connectivity index (χ3n) is 2.83. The van der Waals surface area contributed by atoms with Crippen LogP contribution in [0.4, 0.5) is 0 Å². The summed E-state index contributed by atoms with van der Waals surface area (Å²) in [5.74, 6) is 0. The maximum Gasteiger partial charge on any atom is 0.150 e. The van der Waals surface area contributed by atoms with Gasteiger partial charge in [0, 0.05) is 12.1 Å². The molecule has 0 spiro atoms. The fourth-order valence-corrected chi connectivity index (χ4v) is 1.76. The van der Waals surface area contributed by atoms with Crippen LogP contribution in [0.2, 0.25) is 0 Å².